The smallest absolute Gasteiger partial charge is 0.287 e. The minimum absolute atomic E-state index is 0.0200. The Morgan fingerprint density at radius 3 is 2.35 bits per heavy atom. The number of aryl methyl sites for hydroxylation is 3. The number of aromatic nitrogens is 2. The molecule has 9 heteroatoms. The maximum Gasteiger partial charge on any atom is 0.287 e. The zero-order valence-electron chi connectivity index (χ0n) is 20.6. The highest BCUT2D eigenvalue weighted by molar-refractivity contribution is 6.33. The molecule has 3 amide bonds. The largest absolute Gasteiger partial charge is 0.455 e. The van der Waals surface area contributed by atoms with Crippen molar-refractivity contribution in [2.45, 2.75) is 26.3 Å². The van der Waals surface area contributed by atoms with Crippen LogP contribution in [0.4, 0.5) is 0 Å². The molecule has 37 heavy (non-hydrogen) atoms. The summed E-state index contributed by atoms with van der Waals surface area (Å²) in [7, 11) is 1.76. The first-order valence-electron chi connectivity index (χ1n) is 11.8. The van der Waals surface area contributed by atoms with Crippen molar-refractivity contribution in [3.05, 3.63) is 99.6 Å². The normalized spacial score (nSPS) is 13.7. The molecule has 0 radical (unpaired) electrons. The first-order chi connectivity index (χ1) is 17.7. The Hall–Kier alpha value is -4.17. The number of amides is 3. The maximum absolute atomic E-state index is 13.3. The summed E-state index contributed by atoms with van der Waals surface area (Å²) in [6.07, 6.45) is 1.95. The molecule has 2 aromatic heterocycles. The van der Waals surface area contributed by atoms with Crippen LogP contribution in [0, 0.1) is 13.8 Å². The van der Waals surface area contributed by atoms with Crippen molar-refractivity contribution >= 4 is 29.3 Å². The lowest BCUT2D eigenvalue weighted by atomic mass is 10.0. The molecule has 3 heterocycles. The zero-order valence-corrected chi connectivity index (χ0v) is 21.4. The van der Waals surface area contributed by atoms with Crippen LogP contribution < -0.4 is 5.32 Å². The molecule has 4 aromatic rings. The van der Waals surface area contributed by atoms with Crippen molar-refractivity contribution < 1.29 is 18.8 Å². The van der Waals surface area contributed by atoms with Crippen molar-refractivity contribution in [1.29, 1.82) is 0 Å². The molecule has 0 fully saturated rings. The second-order valence-electron chi connectivity index (χ2n) is 9.18. The highest BCUT2D eigenvalue weighted by Crippen LogP contribution is 2.32. The van der Waals surface area contributed by atoms with Gasteiger partial charge in [-0.2, -0.15) is 5.10 Å². The van der Waals surface area contributed by atoms with E-state index in [0.717, 1.165) is 11.1 Å². The van der Waals surface area contributed by atoms with Crippen molar-refractivity contribution in [2.75, 3.05) is 6.54 Å². The molecule has 0 aliphatic carbocycles. The third-order valence-electron chi connectivity index (χ3n) is 6.47. The minimum atomic E-state index is -0.550. The van der Waals surface area contributed by atoms with Gasteiger partial charge in [-0.1, -0.05) is 53.6 Å². The number of hydrogen-bond acceptors (Lipinski definition) is 5. The van der Waals surface area contributed by atoms with Gasteiger partial charge in [-0.15, -0.1) is 0 Å². The Labute approximate surface area is 218 Å². The van der Waals surface area contributed by atoms with Gasteiger partial charge in [0.25, 0.3) is 17.7 Å². The lowest BCUT2D eigenvalue weighted by Gasteiger charge is -2.23. The molecule has 0 saturated carbocycles. The average Bonchev–Trinajstić information content (AvgIpc) is 3.48. The number of furan rings is 1. The van der Waals surface area contributed by atoms with Crippen LogP contribution in [0.2, 0.25) is 5.02 Å². The molecule has 2 aromatic carbocycles. The van der Waals surface area contributed by atoms with E-state index in [1.807, 2.05) is 31.2 Å². The fraction of sp³-hybridized carbons (Fsp3) is 0.214. The fourth-order valence-corrected chi connectivity index (χ4v) is 4.98. The average molecular weight is 517 g/mol. The molecular formula is C28H25ClN4O4. The lowest BCUT2D eigenvalue weighted by Crippen LogP contribution is -2.46. The van der Waals surface area contributed by atoms with E-state index < -0.39 is 11.9 Å². The van der Waals surface area contributed by atoms with Crippen LogP contribution in [0.3, 0.4) is 0 Å². The van der Waals surface area contributed by atoms with Crippen LogP contribution in [0.25, 0.3) is 11.3 Å². The summed E-state index contributed by atoms with van der Waals surface area (Å²) in [5, 5.41) is 7.57. The van der Waals surface area contributed by atoms with Crippen LogP contribution in [-0.2, 0) is 13.5 Å². The SMILES string of the molecule is Cc1cccc(C[C@@H](CN2C(=O)c3ccccc3C2=O)NC(=O)c2cc(-c3c(Cl)cnn3C)c(C)o2)c1. The van der Waals surface area contributed by atoms with Gasteiger partial charge < -0.3 is 9.73 Å². The molecule has 0 bridgehead atoms. The van der Waals surface area contributed by atoms with Gasteiger partial charge in [-0.05, 0) is 44.0 Å². The summed E-state index contributed by atoms with van der Waals surface area (Å²) in [5.74, 6) is -0.577. The molecule has 0 unspecified atom stereocenters. The molecule has 1 atom stereocenters. The predicted octanol–water partition coefficient (Wildman–Crippen LogP) is 4.59. The summed E-state index contributed by atoms with van der Waals surface area (Å²) in [6, 6.07) is 15.7. The number of carbonyl (C=O) groups excluding carboxylic acids is 3. The van der Waals surface area contributed by atoms with E-state index in [4.69, 9.17) is 16.0 Å². The van der Waals surface area contributed by atoms with E-state index in [-0.39, 0.29) is 24.1 Å². The minimum Gasteiger partial charge on any atom is -0.455 e. The molecule has 0 saturated heterocycles. The number of halogens is 1. The van der Waals surface area contributed by atoms with Crippen LogP contribution in [0.15, 0.2) is 65.2 Å². The van der Waals surface area contributed by atoms with Crippen LogP contribution >= 0.6 is 11.6 Å². The zero-order chi connectivity index (χ0) is 26.3. The number of imide groups is 1. The number of nitrogens with zero attached hydrogens (tertiary/aromatic N) is 3. The Kier molecular flexibility index (Phi) is 6.43. The standard InChI is InChI=1S/C28H25ClN4O4/c1-16-7-6-8-18(11-16)12-19(15-33-27(35)20-9-4-5-10-21(20)28(33)36)31-26(34)24-13-22(17(2)37-24)25-23(29)14-30-32(25)3/h4-11,13-14,19H,12,15H2,1-3H3,(H,31,34)/t19-/m0/s1. The van der Waals surface area contributed by atoms with E-state index >= 15 is 0 Å². The molecule has 8 nitrogen and oxygen atoms in total. The first kappa shape index (κ1) is 24.5. The predicted molar refractivity (Wildman–Crippen MR) is 139 cm³/mol. The number of benzene rings is 2. The lowest BCUT2D eigenvalue weighted by molar-refractivity contribution is 0.0627. The number of nitrogens with one attached hydrogen (secondary N) is 1. The molecule has 5 rings (SSSR count). The molecule has 0 spiro atoms. The Morgan fingerprint density at radius 1 is 1.03 bits per heavy atom. The number of fused-ring (bicyclic) bond motifs is 1. The van der Waals surface area contributed by atoms with Crippen molar-refractivity contribution in [2.24, 2.45) is 7.05 Å². The van der Waals surface area contributed by atoms with Gasteiger partial charge in [0.15, 0.2) is 5.76 Å². The number of rotatable bonds is 7. The van der Waals surface area contributed by atoms with Crippen LogP contribution in [0.5, 0.6) is 0 Å². The Bertz CT molecular complexity index is 1480. The second-order valence-corrected chi connectivity index (χ2v) is 9.58. The number of hydrogen-bond donors (Lipinski definition) is 1. The van der Waals surface area contributed by atoms with Gasteiger partial charge in [-0.3, -0.25) is 24.0 Å². The molecule has 1 aliphatic heterocycles. The van der Waals surface area contributed by atoms with Gasteiger partial charge in [0.05, 0.1) is 34.1 Å². The molecule has 1 N–H and O–H groups in total. The maximum atomic E-state index is 13.3. The fourth-order valence-electron chi connectivity index (χ4n) is 4.71. The van der Waals surface area contributed by atoms with E-state index in [1.54, 1.807) is 49.0 Å². The second kappa shape index (κ2) is 9.71. The highest BCUT2D eigenvalue weighted by atomic mass is 35.5. The number of carbonyl (C=O) groups is 3. The topological polar surface area (TPSA) is 97.4 Å². The molecule has 1 aliphatic rings. The van der Waals surface area contributed by atoms with Gasteiger partial charge in [0.2, 0.25) is 0 Å². The van der Waals surface area contributed by atoms with Crippen molar-refractivity contribution in [1.82, 2.24) is 20.0 Å². The summed E-state index contributed by atoms with van der Waals surface area (Å²) in [6.45, 7) is 3.75. The van der Waals surface area contributed by atoms with Crippen molar-refractivity contribution in [3.63, 3.8) is 0 Å². The van der Waals surface area contributed by atoms with Crippen molar-refractivity contribution in [3.8, 4) is 11.3 Å². The first-order valence-corrected chi connectivity index (χ1v) is 12.2. The highest BCUT2D eigenvalue weighted by Gasteiger charge is 2.37. The summed E-state index contributed by atoms with van der Waals surface area (Å²) in [5.41, 5.74) is 4.08. The Balaban J connectivity index is 1.42. The third-order valence-corrected chi connectivity index (χ3v) is 6.75. The van der Waals surface area contributed by atoms with Gasteiger partial charge in [-0.25, -0.2) is 0 Å². The van der Waals surface area contributed by atoms with E-state index in [2.05, 4.69) is 10.4 Å². The van der Waals surface area contributed by atoms with Gasteiger partial charge >= 0.3 is 0 Å². The van der Waals surface area contributed by atoms with Crippen LogP contribution in [-0.4, -0.2) is 45.0 Å². The van der Waals surface area contributed by atoms with Gasteiger partial charge in [0.1, 0.15) is 5.76 Å². The molecule has 188 valence electrons. The van der Waals surface area contributed by atoms with Gasteiger partial charge in [0, 0.05) is 19.2 Å². The quantitative estimate of drug-likeness (QED) is 0.362. The summed E-state index contributed by atoms with van der Waals surface area (Å²) in [4.78, 5) is 40.5. The Morgan fingerprint density at radius 2 is 1.73 bits per heavy atom. The summed E-state index contributed by atoms with van der Waals surface area (Å²) < 4.78 is 7.40. The molecular weight excluding hydrogens is 492 g/mol. The monoisotopic (exact) mass is 516 g/mol. The van der Waals surface area contributed by atoms with E-state index in [0.29, 0.717) is 39.6 Å². The third kappa shape index (κ3) is 4.68. The summed E-state index contributed by atoms with van der Waals surface area (Å²) >= 11 is 6.29. The van der Waals surface area contributed by atoms with Crippen LogP contribution in [0.1, 0.15) is 48.2 Å². The van der Waals surface area contributed by atoms with E-state index in [1.165, 1.54) is 11.1 Å². The van der Waals surface area contributed by atoms with E-state index in [9.17, 15) is 14.4 Å².